The molecule has 0 saturated carbocycles. The molecular formula is C26H26N4O3. The number of aryl methyl sites for hydroxylation is 1. The summed E-state index contributed by atoms with van der Waals surface area (Å²) in [5, 5.41) is 20.1. The first-order valence-electron chi connectivity index (χ1n) is 10.5. The standard InChI is InChI=1S/C26H26N4O3/c1-3-4-21(12-26(31)32)20-7-9-24(10-8-20)33-17-19-5-6-22(13-27)25(11-19)30-16-23-15-28-18(2)14-29-23/h5-11,13-15,21,27,30H,12,16-17H2,1-2H3,(H,31,32). The maximum atomic E-state index is 11.1. The molecule has 3 rings (SSSR count). The fourth-order valence-corrected chi connectivity index (χ4v) is 3.23. The van der Waals surface area contributed by atoms with Crippen LogP contribution in [0.25, 0.3) is 0 Å². The van der Waals surface area contributed by atoms with Gasteiger partial charge in [0.25, 0.3) is 0 Å². The molecule has 1 unspecified atom stereocenters. The SMILES string of the molecule is CC#CC(CC(=O)O)c1ccc(OCc2ccc(C=N)c(NCc3cnc(C)cn3)c2)cc1. The molecular weight excluding hydrogens is 416 g/mol. The molecule has 7 nitrogen and oxygen atoms in total. The fraction of sp³-hybridized carbons (Fsp3) is 0.231. The average molecular weight is 443 g/mol. The second-order valence-electron chi connectivity index (χ2n) is 7.47. The lowest BCUT2D eigenvalue weighted by Gasteiger charge is -2.13. The lowest BCUT2D eigenvalue weighted by Crippen LogP contribution is -2.06. The molecule has 33 heavy (non-hydrogen) atoms. The Morgan fingerprint density at radius 1 is 1.21 bits per heavy atom. The maximum absolute atomic E-state index is 11.1. The van der Waals surface area contributed by atoms with E-state index in [1.54, 1.807) is 19.3 Å². The molecule has 3 N–H and O–H groups in total. The Kier molecular flexibility index (Phi) is 8.14. The number of anilines is 1. The Hall–Kier alpha value is -4.18. The van der Waals surface area contributed by atoms with Crippen molar-refractivity contribution in [3.05, 3.63) is 82.9 Å². The lowest BCUT2D eigenvalue weighted by atomic mass is 9.96. The van der Waals surface area contributed by atoms with Crippen LogP contribution in [0.2, 0.25) is 0 Å². The minimum Gasteiger partial charge on any atom is -0.489 e. The summed E-state index contributed by atoms with van der Waals surface area (Å²) in [6.07, 6.45) is 4.72. The Morgan fingerprint density at radius 2 is 2.00 bits per heavy atom. The summed E-state index contributed by atoms with van der Waals surface area (Å²) in [6, 6.07) is 13.1. The van der Waals surface area contributed by atoms with Crippen LogP contribution in [-0.4, -0.2) is 27.3 Å². The van der Waals surface area contributed by atoms with Crippen LogP contribution in [0.3, 0.4) is 0 Å². The summed E-state index contributed by atoms with van der Waals surface area (Å²) in [5.41, 5.74) is 5.06. The molecule has 2 aromatic carbocycles. The van der Waals surface area contributed by atoms with Gasteiger partial charge < -0.3 is 20.6 Å². The highest BCUT2D eigenvalue weighted by molar-refractivity contribution is 5.86. The smallest absolute Gasteiger partial charge is 0.304 e. The van der Waals surface area contributed by atoms with Gasteiger partial charge in [0.15, 0.2) is 0 Å². The number of hydrogen-bond donors (Lipinski definition) is 3. The Morgan fingerprint density at radius 3 is 2.64 bits per heavy atom. The van der Waals surface area contributed by atoms with E-state index >= 15 is 0 Å². The van der Waals surface area contributed by atoms with Crippen molar-refractivity contribution in [2.75, 3.05) is 5.32 Å². The van der Waals surface area contributed by atoms with Crippen molar-refractivity contribution in [3.63, 3.8) is 0 Å². The van der Waals surface area contributed by atoms with E-state index in [1.807, 2.05) is 49.4 Å². The molecule has 168 valence electrons. The quantitative estimate of drug-likeness (QED) is 0.314. The van der Waals surface area contributed by atoms with Crippen molar-refractivity contribution < 1.29 is 14.6 Å². The minimum absolute atomic E-state index is 0.0373. The third-order valence-electron chi connectivity index (χ3n) is 4.95. The molecule has 1 aromatic heterocycles. The molecule has 7 heteroatoms. The lowest BCUT2D eigenvalue weighted by molar-refractivity contribution is -0.137. The molecule has 0 amide bonds. The number of ether oxygens (including phenoxy) is 1. The van der Waals surface area contributed by atoms with Gasteiger partial charge in [0.05, 0.1) is 36.5 Å². The zero-order valence-electron chi connectivity index (χ0n) is 18.6. The molecule has 0 saturated heterocycles. The van der Waals surface area contributed by atoms with Gasteiger partial charge in [-0.1, -0.05) is 30.2 Å². The van der Waals surface area contributed by atoms with E-state index in [0.717, 1.165) is 33.8 Å². The predicted octanol–water partition coefficient (Wildman–Crippen LogP) is 4.56. The van der Waals surface area contributed by atoms with Crippen LogP contribution < -0.4 is 10.1 Å². The van der Waals surface area contributed by atoms with Gasteiger partial charge in [-0.25, -0.2) is 0 Å². The van der Waals surface area contributed by atoms with Crippen LogP contribution in [0.15, 0.2) is 54.9 Å². The van der Waals surface area contributed by atoms with Gasteiger partial charge in [-0.2, -0.15) is 0 Å². The van der Waals surface area contributed by atoms with E-state index in [1.165, 1.54) is 6.21 Å². The highest BCUT2D eigenvalue weighted by Gasteiger charge is 2.13. The molecule has 1 heterocycles. The molecule has 0 spiro atoms. The normalized spacial score (nSPS) is 11.1. The summed E-state index contributed by atoms with van der Waals surface area (Å²) in [6.45, 7) is 4.44. The Balaban J connectivity index is 1.65. The van der Waals surface area contributed by atoms with Gasteiger partial charge in [-0.05, 0) is 43.2 Å². The van der Waals surface area contributed by atoms with Gasteiger partial charge in [0.1, 0.15) is 12.4 Å². The molecule has 0 fully saturated rings. The van der Waals surface area contributed by atoms with Crippen LogP contribution in [0, 0.1) is 24.2 Å². The average Bonchev–Trinajstić information content (AvgIpc) is 2.82. The van der Waals surface area contributed by atoms with Gasteiger partial charge in [-0.15, -0.1) is 5.92 Å². The van der Waals surface area contributed by atoms with E-state index in [2.05, 4.69) is 27.1 Å². The maximum Gasteiger partial charge on any atom is 0.304 e. The van der Waals surface area contributed by atoms with Crippen LogP contribution >= 0.6 is 0 Å². The summed E-state index contributed by atoms with van der Waals surface area (Å²) in [7, 11) is 0. The number of nitrogens with one attached hydrogen (secondary N) is 2. The van der Waals surface area contributed by atoms with Crippen LogP contribution in [-0.2, 0) is 17.9 Å². The number of aliphatic carboxylic acids is 1. The van der Waals surface area contributed by atoms with E-state index < -0.39 is 5.97 Å². The summed E-state index contributed by atoms with van der Waals surface area (Å²) < 4.78 is 5.91. The molecule has 1 atom stereocenters. The zero-order valence-corrected chi connectivity index (χ0v) is 18.6. The fourth-order valence-electron chi connectivity index (χ4n) is 3.23. The molecule has 3 aromatic rings. The molecule has 0 aliphatic rings. The second kappa shape index (κ2) is 11.4. The first-order valence-corrected chi connectivity index (χ1v) is 10.5. The van der Waals surface area contributed by atoms with Crippen molar-refractivity contribution in [2.45, 2.75) is 39.3 Å². The number of nitrogens with zero attached hydrogens (tertiary/aromatic N) is 2. The number of aromatic nitrogens is 2. The molecule has 0 radical (unpaired) electrons. The van der Waals surface area contributed by atoms with E-state index in [9.17, 15) is 4.79 Å². The van der Waals surface area contributed by atoms with E-state index in [0.29, 0.717) is 18.9 Å². The molecule has 0 aliphatic heterocycles. The van der Waals surface area contributed by atoms with E-state index in [4.69, 9.17) is 15.3 Å². The van der Waals surface area contributed by atoms with Crippen molar-refractivity contribution in [1.29, 1.82) is 5.41 Å². The summed E-state index contributed by atoms with van der Waals surface area (Å²) in [5.74, 6) is 5.20. The highest BCUT2D eigenvalue weighted by Crippen LogP contribution is 2.23. The first kappa shape index (κ1) is 23.5. The number of hydrogen-bond acceptors (Lipinski definition) is 6. The number of rotatable bonds is 10. The summed E-state index contributed by atoms with van der Waals surface area (Å²) in [4.78, 5) is 19.7. The van der Waals surface area contributed by atoms with Crippen LogP contribution in [0.5, 0.6) is 5.75 Å². The minimum atomic E-state index is -0.879. The number of carboxylic acid groups (broad SMARTS) is 1. The number of benzene rings is 2. The number of carbonyl (C=O) groups is 1. The molecule has 0 bridgehead atoms. The first-order chi connectivity index (χ1) is 16.0. The summed E-state index contributed by atoms with van der Waals surface area (Å²) >= 11 is 0. The van der Waals surface area contributed by atoms with Crippen LogP contribution in [0.4, 0.5) is 5.69 Å². The van der Waals surface area contributed by atoms with Gasteiger partial charge >= 0.3 is 5.97 Å². The van der Waals surface area contributed by atoms with Crippen molar-refractivity contribution >= 4 is 17.9 Å². The largest absolute Gasteiger partial charge is 0.489 e. The van der Waals surface area contributed by atoms with Crippen molar-refractivity contribution in [3.8, 4) is 17.6 Å². The third kappa shape index (κ3) is 6.91. The van der Waals surface area contributed by atoms with Crippen molar-refractivity contribution in [1.82, 2.24) is 9.97 Å². The van der Waals surface area contributed by atoms with E-state index in [-0.39, 0.29) is 12.3 Å². The highest BCUT2D eigenvalue weighted by atomic mass is 16.5. The predicted molar refractivity (Wildman–Crippen MR) is 128 cm³/mol. The second-order valence-corrected chi connectivity index (χ2v) is 7.47. The monoisotopic (exact) mass is 442 g/mol. The van der Waals surface area contributed by atoms with Crippen molar-refractivity contribution in [2.24, 2.45) is 0 Å². The topological polar surface area (TPSA) is 108 Å². The van der Waals surface area contributed by atoms with Gasteiger partial charge in [0.2, 0.25) is 0 Å². The van der Waals surface area contributed by atoms with Gasteiger partial charge in [-0.3, -0.25) is 14.8 Å². The molecule has 0 aliphatic carbocycles. The Labute approximate surface area is 193 Å². The number of carboxylic acids is 1. The van der Waals surface area contributed by atoms with Gasteiger partial charge in [0, 0.05) is 23.7 Å². The third-order valence-corrected chi connectivity index (χ3v) is 4.95. The zero-order chi connectivity index (χ0) is 23.6. The Bertz CT molecular complexity index is 1160. The van der Waals surface area contributed by atoms with Crippen LogP contribution in [0.1, 0.15) is 47.3 Å².